The van der Waals surface area contributed by atoms with Crippen LogP contribution in [-0.2, 0) is 4.79 Å². The Hall–Kier alpha value is -3.15. The number of carboxylic acids is 1. The van der Waals surface area contributed by atoms with E-state index in [2.05, 4.69) is 4.99 Å². The highest BCUT2D eigenvalue weighted by atomic mass is 16.5. The fourth-order valence-corrected chi connectivity index (χ4v) is 2.71. The molecule has 1 heterocycles. The van der Waals surface area contributed by atoms with E-state index >= 15 is 0 Å². The molecule has 1 aliphatic rings. The number of para-hydroxylation sites is 1. The van der Waals surface area contributed by atoms with Crippen molar-refractivity contribution in [3.8, 4) is 11.5 Å². The zero-order valence-electron chi connectivity index (χ0n) is 13.1. The van der Waals surface area contributed by atoms with E-state index in [9.17, 15) is 14.7 Å². The van der Waals surface area contributed by atoms with Crippen LogP contribution in [0.3, 0.4) is 0 Å². The Labute approximate surface area is 138 Å². The van der Waals surface area contributed by atoms with Gasteiger partial charge in [0.05, 0.1) is 25.6 Å². The highest BCUT2D eigenvalue weighted by Gasteiger charge is 2.38. The first kappa shape index (κ1) is 15.7. The number of rotatable bonds is 4. The first-order valence-corrected chi connectivity index (χ1v) is 7.24. The molecule has 2 aromatic rings. The normalized spacial score (nSPS) is 16.2. The molecule has 0 saturated heterocycles. The monoisotopic (exact) mass is 325 g/mol. The van der Waals surface area contributed by atoms with Crippen LogP contribution in [0.25, 0.3) is 0 Å². The van der Waals surface area contributed by atoms with E-state index in [0.29, 0.717) is 22.7 Å². The van der Waals surface area contributed by atoms with Gasteiger partial charge in [0.2, 0.25) is 0 Å². The number of ether oxygens (including phenoxy) is 2. The second kappa shape index (κ2) is 6.16. The molecule has 122 valence electrons. The van der Waals surface area contributed by atoms with Crippen LogP contribution >= 0.6 is 0 Å². The molecule has 6 heteroatoms. The minimum absolute atomic E-state index is 0.169. The van der Waals surface area contributed by atoms with Gasteiger partial charge in [-0.15, -0.1) is 0 Å². The lowest BCUT2D eigenvalue weighted by Gasteiger charge is -2.22. The van der Waals surface area contributed by atoms with Crippen molar-refractivity contribution in [3.63, 3.8) is 0 Å². The first-order valence-electron chi connectivity index (χ1n) is 7.24. The maximum absolute atomic E-state index is 12.8. The predicted octanol–water partition coefficient (Wildman–Crippen LogP) is 2.72. The predicted molar refractivity (Wildman–Crippen MR) is 87.6 cm³/mol. The van der Waals surface area contributed by atoms with E-state index < -0.39 is 17.7 Å². The molecule has 1 N–H and O–H groups in total. The Balaban J connectivity index is 2.24. The van der Waals surface area contributed by atoms with Crippen molar-refractivity contribution < 1.29 is 24.2 Å². The van der Waals surface area contributed by atoms with E-state index in [0.717, 1.165) is 0 Å². The number of hydrogen-bond donors (Lipinski definition) is 1. The lowest BCUT2D eigenvalue weighted by atomic mass is 9.85. The van der Waals surface area contributed by atoms with E-state index in [1.54, 1.807) is 36.4 Å². The number of aliphatic imine (C=N–C) groups is 1. The molecule has 1 unspecified atom stereocenters. The topological polar surface area (TPSA) is 85.2 Å². The summed E-state index contributed by atoms with van der Waals surface area (Å²) in [6, 6.07) is 11.7. The molecular weight excluding hydrogens is 310 g/mol. The third-order valence-electron chi connectivity index (χ3n) is 3.88. The fourth-order valence-electron chi connectivity index (χ4n) is 2.71. The van der Waals surface area contributed by atoms with E-state index in [1.807, 2.05) is 0 Å². The van der Waals surface area contributed by atoms with Crippen LogP contribution < -0.4 is 9.47 Å². The third kappa shape index (κ3) is 2.52. The number of carbonyl (C=O) groups excluding carboxylic acids is 1. The molecule has 0 aliphatic carbocycles. The largest absolute Gasteiger partial charge is 0.497 e. The molecule has 24 heavy (non-hydrogen) atoms. The van der Waals surface area contributed by atoms with Gasteiger partial charge in [0.1, 0.15) is 11.5 Å². The van der Waals surface area contributed by atoms with Crippen LogP contribution in [-0.4, -0.2) is 36.8 Å². The quantitative estimate of drug-likeness (QED) is 0.874. The number of nitrogens with zero attached hydrogens (tertiary/aromatic N) is 1. The highest BCUT2D eigenvalue weighted by molar-refractivity contribution is 6.32. The molecule has 0 saturated carbocycles. The standard InChI is InChI=1S/C18H15NO5/c1-23-10-7-8-13-12(9-10)17(20)15(18(21)22)16(19-13)11-5-3-4-6-14(11)24-2/h3-9,15H,1-2H3,(H,21,22). The van der Waals surface area contributed by atoms with E-state index in [1.165, 1.54) is 20.3 Å². The number of aliphatic carboxylic acids is 1. The average molecular weight is 325 g/mol. The number of Topliss-reactive ketones (excluding diaryl/α,β-unsaturated/α-hetero) is 1. The molecule has 2 aromatic carbocycles. The summed E-state index contributed by atoms with van der Waals surface area (Å²) in [7, 11) is 2.96. The van der Waals surface area contributed by atoms with Crippen LogP contribution in [0.4, 0.5) is 5.69 Å². The van der Waals surface area contributed by atoms with Gasteiger partial charge >= 0.3 is 5.97 Å². The molecule has 6 nitrogen and oxygen atoms in total. The molecule has 0 fully saturated rings. The second-order valence-electron chi connectivity index (χ2n) is 5.22. The highest BCUT2D eigenvalue weighted by Crippen LogP contribution is 2.35. The van der Waals surface area contributed by atoms with Crippen LogP contribution in [0.5, 0.6) is 11.5 Å². The molecule has 1 atom stereocenters. The Morgan fingerprint density at radius 1 is 1.08 bits per heavy atom. The zero-order chi connectivity index (χ0) is 17.3. The smallest absolute Gasteiger partial charge is 0.320 e. The van der Waals surface area contributed by atoms with Crippen molar-refractivity contribution in [2.75, 3.05) is 14.2 Å². The molecule has 0 bridgehead atoms. The minimum atomic E-state index is -1.39. The molecular formula is C18H15NO5. The number of methoxy groups -OCH3 is 2. The molecule has 0 aromatic heterocycles. The van der Waals surface area contributed by atoms with Crippen molar-refractivity contribution in [1.82, 2.24) is 0 Å². The Morgan fingerprint density at radius 3 is 2.50 bits per heavy atom. The van der Waals surface area contributed by atoms with Gasteiger partial charge < -0.3 is 14.6 Å². The Kier molecular flexibility index (Phi) is 4.04. The lowest BCUT2D eigenvalue weighted by Crippen LogP contribution is -2.35. The first-order chi connectivity index (χ1) is 11.6. The van der Waals surface area contributed by atoms with Gasteiger partial charge in [0, 0.05) is 11.1 Å². The van der Waals surface area contributed by atoms with Crippen molar-refractivity contribution in [3.05, 3.63) is 53.6 Å². The van der Waals surface area contributed by atoms with Gasteiger partial charge in [0.25, 0.3) is 0 Å². The van der Waals surface area contributed by atoms with Crippen molar-refractivity contribution in [1.29, 1.82) is 0 Å². The van der Waals surface area contributed by atoms with Gasteiger partial charge in [-0.3, -0.25) is 14.6 Å². The third-order valence-corrected chi connectivity index (χ3v) is 3.88. The second-order valence-corrected chi connectivity index (χ2v) is 5.22. The van der Waals surface area contributed by atoms with Gasteiger partial charge in [-0.2, -0.15) is 0 Å². The molecule has 3 rings (SSSR count). The summed E-state index contributed by atoms with van der Waals surface area (Å²) in [5.74, 6) is -2.22. The molecule has 0 radical (unpaired) electrons. The average Bonchev–Trinajstić information content (AvgIpc) is 2.60. The van der Waals surface area contributed by atoms with Gasteiger partial charge in [-0.25, -0.2) is 0 Å². The summed E-state index contributed by atoms with van der Waals surface area (Å²) < 4.78 is 10.4. The molecule has 0 amide bonds. The summed E-state index contributed by atoms with van der Waals surface area (Å²) in [4.78, 5) is 28.9. The number of benzene rings is 2. The van der Waals surface area contributed by atoms with Gasteiger partial charge in [0.15, 0.2) is 11.7 Å². The van der Waals surface area contributed by atoms with Crippen LogP contribution in [0, 0.1) is 5.92 Å². The van der Waals surface area contributed by atoms with Crippen molar-refractivity contribution in [2.24, 2.45) is 10.9 Å². The number of carboxylic acid groups (broad SMARTS) is 1. The Morgan fingerprint density at radius 2 is 1.83 bits per heavy atom. The number of fused-ring (bicyclic) bond motifs is 1. The number of ketones is 1. The molecule has 0 spiro atoms. The van der Waals surface area contributed by atoms with Crippen LogP contribution in [0.2, 0.25) is 0 Å². The fraction of sp³-hybridized carbons (Fsp3) is 0.167. The zero-order valence-corrected chi connectivity index (χ0v) is 13.1. The van der Waals surface area contributed by atoms with E-state index in [-0.39, 0.29) is 11.3 Å². The summed E-state index contributed by atoms with van der Waals surface area (Å²) in [6.07, 6.45) is 0. The maximum atomic E-state index is 12.8. The molecule has 1 aliphatic heterocycles. The lowest BCUT2D eigenvalue weighted by molar-refractivity contribution is -0.137. The number of carbonyl (C=O) groups is 2. The van der Waals surface area contributed by atoms with Crippen molar-refractivity contribution in [2.45, 2.75) is 0 Å². The summed E-state index contributed by atoms with van der Waals surface area (Å²) in [5.41, 5.74) is 1.31. The summed E-state index contributed by atoms with van der Waals surface area (Å²) in [6.45, 7) is 0. The maximum Gasteiger partial charge on any atom is 0.320 e. The summed E-state index contributed by atoms with van der Waals surface area (Å²) in [5, 5.41) is 9.58. The number of hydrogen-bond acceptors (Lipinski definition) is 5. The van der Waals surface area contributed by atoms with Crippen molar-refractivity contribution >= 4 is 23.2 Å². The SMILES string of the molecule is COc1ccc2c(c1)C(=O)C(C(=O)O)C(c1ccccc1OC)=N2. The van der Waals surface area contributed by atoms with E-state index in [4.69, 9.17) is 9.47 Å². The van der Waals surface area contributed by atoms with Gasteiger partial charge in [-0.05, 0) is 30.3 Å². The summed E-state index contributed by atoms with van der Waals surface area (Å²) >= 11 is 0. The Bertz CT molecular complexity index is 856. The minimum Gasteiger partial charge on any atom is -0.497 e. The van der Waals surface area contributed by atoms with Crippen LogP contribution in [0.1, 0.15) is 15.9 Å². The van der Waals surface area contributed by atoms with Gasteiger partial charge in [-0.1, -0.05) is 12.1 Å². The van der Waals surface area contributed by atoms with Crippen LogP contribution in [0.15, 0.2) is 47.5 Å².